The molecular formula is C65H51NO. The van der Waals surface area contributed by atoms with E-state index in [0.29, 0.717) is 0 Å². The first-order chi connectivity index (χ1) is 32.6. The summed E-state index contributed by atoms with van der Waals surface area (Å²) in [5, 5.41) is 4.63. The van der Waals surface area contributed by atoms with Gasteiger partial charge in [0.25, 0.3) is 0 Å². The Morgan fingerprint density at radius 3 is 1.88 bits per heavy atom. The standard InChI is InChI=1S/C65H51NO/c1-64(2,3)48-33-29-42(30-34-48)45-32-37-59(55(40-45)43-17-7-6-8-18-43)66(49-35-36-58-56(41-49)52-23-11-13-27-57(52)65(58,4)5)60-38-31-44-19-9-10-22-50(44)62(60)47-21-15-20-46(39-47)51-25-16-26-54-53-24-12-14-28-61(53)67-63(51)54/h6-41H,1-5H3. The molecule has 0 atom stereocenters. The zero-order valence-electron chi connectivity index (χ0n) is 38.6. The fraction of sp³-hybridized carbons (Fsp3) is 0.108. The lowest BCUT2D eigenvalue weighted by atomic mass is 9.82. The second-order valence-electron chi connectivity index (χ2n) is 19.7. The summed E-state index contributed by atoms with van der Waals surface area (Å²) in [5.41, 5.74) is 20.8. The maximum absolute atomic E-state index is 6.62. The number of furan rings is 1. The molecule has 2 nitrogen and oxygen atoms in total. The molecule has 0 radical (unpaired) electrons. The number of hydrogen-bond donors (Lipinski definition) is 0. The van der Waals surface area contributed by atoms with Crippen LogP contribution in [0.5, 0.6) is 0 Å². The number of hydrogen-bond acceptors (Lipinski definition) is 2. The number of rotatable bonds is 7. The van der Waals surface area contributed by atoms with Crippen LogP contribution in [0.1, 0.15) is 51.3 Å². The first-order valence-electron chi connectivity index (χ1n) is 23.5. The second kappa shape index (κ2) is 15.6. The van der Waals surface area contributed by atoms with Crippen molar-refractivity contribution in [1.29, 1.82) is 0 Å². The topological polar surface area (TPSA) is 16.4 Å². The average molecular weight is 862 g/mol. The Bertz CT molecular complexity index is 3700. The van der Waals surface area contributed by atoms with Crippen molar-refractivity contribution in [2.75, 3.05) is 4.90 Å². The molecule has 12 rings (SSSR count). The molecule has 11 aromatic rings. The Labute approximate surface area is 393 Å². The summed E-state index contributed by atoms with van der Waals surface area (Å²) in [6.45, 7) is 11.5. The Kier molecular flexibility index (Phi) is 9.45. The molecule has 0 saturated carbocycles. The molecule has 67 heavy (non-hydrogen) atoms. The van der Waals surface area contributed by atoms with E-state index in [1.54, 1.807) is 0 Å². The van der Waals surface area contributed by atoms with Gasteiger partial charge in [0.05, 0.1) is 11.4 Å². The highest BCUT2D eigenvalue weighted by Crippen LogP contribution is 2.53. The smallest absolute Gasteiger partial charge is 0.143 e. The van der Waals surface area contributed by atoms with Crippen molar-refractivity contribution in [1.82, 2.24) is 0 Å². The average Bonchev–Trinajstić information content (AvgIpc) is 3.86. The predicted molar refractivity (Wildman–Crippen MR) is 284 cm³/mol. The van der Waals surface area contributed by atoms with Gasteiger partial charge in [-0.2, -0.15) is 0 Å². The number of para-hydroxylation sites is 2. The lowest BCUT2D eigenvalue weighted by Gasteiger charge is -2.32. The largest absolute Gasteiger partial charge is 0.455 e. The highest BCUT2D eigenvalue weighted by molar-refractivity contribution is 6.11. The molecule has 0 spiro atoms. The van der Waals surface area contributed by atoms with Crippen LogP contribution < -0.4 is 4.90 Å². The van der Waals surface area contributed by atoms with Crippen molar-refractivity contribution < 1.29 is 4.42 Å². The summed E-state index contributed by atoms with van der Waals surface area (Å²) >= 11 is 0. The van der Waals surface area contributed by atoms with Crippen molar-refractivity contribution in [3.8, 4) is 55.6 Å². The van der Waals surface area contributed by atoms with Gasteiger partial charge in [0.1, 0.15) is 11.2 Å². The summed E-state index contributed by atoms with van der Waals surface area (Å²) < 4.78 is 6.62. The number of nitrogens with zero attached hydrogens (tertiary/aromatic N) is 1. The molecule has 1 heterocycles. The van der Waals surface area contributed by atoms with Crippen molar-refractivity contribution >= 4 is 49.8 Å². The van der Waals surface area contributed by atoms with Gasteiger partial charge < -0.3 is 9.32 Å². The van der Waals surface area contributed by atoms with Crippen LogP contribution in [0.25, 0.3) is 88.3 Å². The predicted octanol–water partition coefficient (Wildman–Crippen LogP) is 18.5. The highest BCUT2D eigenvalue weighted by Gasteiger charge is 2.36. The van der Waals surface area contributed by atoms with Gasteiger partial charge >= 0.3 is 0 Å². The van der Waals surface area contributed by atoms with E-state index in [4.69, 9.17) is 4.42 Å². The Morgan fingerprint density at radius 1 is 0.403 bits per heavy atom. The van der Waals surface area contributed by atoms with E-state index in [2.05, 4.69) is 252 Å². The summed E-state index contributed by atoms with van der Waals surface area (Å²) in [5.74, 6) is 0. The summed E-state index contributed by atoms with van der Waals surface area (Å²) in [6, 6.07) is 80.5. The minimum Gasteiger partial charge on any atom is -0.455 e. The van der Waals surface area contributed by atoms with E-state index in [1.807, 2.05) is 6.07 Å². The van der Waals surface area contributed by atoms with Crippen LogP contribution in [0.2, 0.25) is 0 Å². The zero-order chi connectivity index (χ0) is 45.4. The molecule has 0 aliphatic heterocycles. The molecule has 10 aromatic carbocycles. The molecule has 0 fully saturated rings. The molecule has 1 aromatic heterocycles. The van der Waals surface area contributed by atoms with Crippen LogP contribution in [-0.4, -0.2) is 0 Å². The third-order valence-electron chi connectivity index (χ3n) is 14.2. The molecule has 0 N–H and O–H groups in total. The van der Waals surface area contributed by atoms with E-state index < -0.39 is 0 Å². The van der Waals surface area contributed by atoms with E-state index in [0.717, 1.165) is 66.8 Å². The molecule has 322 valence electrons. The Hall–Kier alpha value is -7.94. The van der Waals surface area contributed by atoms with Crippen LogP contribution in [0.15, 0.2) is 223 Å². The minimum atomic E-state index is -0.119. The molecular weight excluding hydrogens is 811 g/mol. The number of fused-ring (bicyclic) bond motifs is 7. The first-order valence-corrected chi connectivity index (χ1v) is 23.5. The van der Waals surface area contributed by atoms with Gasteiger partial charge in [-0.1, -0.05) is 211 Å². The van der Waals surface area contributed by atoms with Crippen molar-refractivity contribution in [3.63, 3.8) is 0 Å². The molecule has 0 unspecified atom stereocenters. The third kappa shape index (κ3) is 6.78. The fourth-order valence-electron chi connectivity index (χ4n) is 10.7. The van der Waals surface area contributed by atoms with Crippen LogP contribution in [-0.2, 0) is 10.8 Å². The molecule has 1 aliphatic rings. The number of benzene rings is 10. The van der Waals surface area contributed by atoms with Crippen molar-refractivity contribution in [3.05, 3.63) is 235 Å². The van der Waals surface area contributed by atoms with Crippen LogP contribution in [0.3, 0.4) is 0 Å². The van der Waals surface area contributed by atoms with Gasteiger partial charge in [-0.25, -0.2) is 0 Å². The second-order valence-corrected chi connectivity index (χ2v) is 19.7. The number of anilines is 3. The van der Waals surface area contributed by atoms with Gasteiger partial charge in [0, 0.05) is 38.6 Å². The normalized spacial score (nSPS) is 13.0. The monoisotopic (exact) mass is 861 g/mol. The van der Waals surface area contributed by atoms with Crippen LogP contribution >= 0.6 is 0 Å². The van der Waals surface area contributed by atoms with Gasteiger partial charge in [-0.05, 0) is 114 Å². The van der Waals surface area contributed by atoms with E-state index in [9.17, 15) is 0 Å². The maximum atomic E-state index is 6.62. The summed E-state index contributed by atoms with van der Waals surface area (Å²) in [6.07, 6.45) is 0. The van der Waals surface area contributed by atoms with Gasteiger partial charge in [0.15, 0.2) is 0 Å². The van der Waals surface area contributed by atoms with Crippen LogP contribution in [0.4, 0.5) is 17.1 Å². The van der Waals surface area contributed by atoms with Crippen LogP contribution in [0, 0.1) is 0 Å². The Morgan fingerprint density at radius 2 is 1.04 bits per heavy atom. The van der Waals surface area contributed by atoms with Gasteiger partial charge in [-0.3, -0.25) is 0 Å². The summed E-state index contributed by atoms with van der Waals surface area (Å²) in [7, 11) is 0. The molecule has 2 heteroatoms. The lowest BCUT2D eigenvalue weighted by Crippen LogP contribution is -2.16. The van der Waals surface area contributed by atoms with E-state index in [-0.39, 0.29) is 10.8 Å². The maximum Gasteiger partial charge on any atom is 0.143 e. The third-order valence-corrected chi connectivity index (χ3v) is 14.2. The van der Waals surface area contributed by atoms with E-state index >= 15 is 0 Å². The van der Waals surface area contributed by atoms with E-state index in [1.165, 1.54) is 55.3 Å². The molecule has 1 aliphatic carbocycles. The van der Waals surface area contributed by atoms with Gasteiger partial charge in [0.2, 0.25) is 0 Å². The molecule has 0 amide bonds. The highest BCUT2D eigenvalue weighted by atomic mass is 16.3. The fourth-order valence-corrected chi connectivity index (χ4v) is 10.7. The van der Waals surface area contributed by atoms with Crippen molar-refractivity contribution in [2.24, 2.45) is 0 Å². The quantitative estimate of drug-likeness (QED) is 0.159. The summed E-state index contributed by atoms with van der Waals surface area (Å²) in [4.78, 5) is 2.53. The van der Waals surface area contributed by atoms with Gasteiger partial charge in [-0.15, -0.1) is 0 Å². The SMILES string of the molecule is CC(C)(C)c1ccc(-c2ccc(N(c3ccc4c(c3)-c3ccccc3C4(C)C)c3ccc4ccccc4c3-c3cccc(-c4cccc5c4oc4ccccc45)c3)c(-c3ccccc3)c2)cc1. The minimum absolute atomic E-state index is 0.0709. The Balaban J connectivity index is 1.12. The lowest BCUT2D eigenvalue weighted by molar-refractivity contribution is 0.590. The zero-order valence-corrected chi connectivity index (χ0v) is 38.6. The molecule has 0 saturated heterocycles. The first kappa shape index (κ1) is 40.6. The van der Waals surface area contributed by atoms with Crippen molar-refractivity contribution in [2.45, 2.75) is 45.4 Å². The molecule has 0 bridgehead atoms.